The molecule has 0 bridgehead atoms. The SMILES string of the molecule is Cc1ccccc1C1NC(=O)c2cc(N)cc(NC(=O)c3cc(F)cc(C(F)(F)F)c3)c21. The summed E-state index contributed by atoms with van der Waals surface area (Å²) in [6.45, 7) is 1.86. The molecule has 0 spiro atoms. The van der Waals surface area contributed by atoms with Crippen LogP contribution >= 0.6 is 0 Å². The summed E-state index contributed by atoms with van der Waals surface area (Å²) >= 11 is 0. The maximum absolute atomic E-state index is 13.8. The molecular formula is C23H17F4N3O2. The average molecular weight is 443 g/mol. The zero-order valence-electron chi connectivity index (χ0n) is 16.7. The lowest BCUT2D eigenvalue weighted by molar-refractivity contribution is -0.137. The molecule has 0 aromatic heterocycles. The van der Waals surface area contributed by atoms with Crippen molar-refractivity contribution in [3.05, 3.63) is 93.8 Å². The van der Waals surface area contributed by atoms with Crippen molar-refractivity contribution in [1.29, 1.82) is 0 Å². The molecule has 3 aromatic rings. The van der Waals surface area contributed by atoms with E-state index in [1.54, 1.807) is 6.07 Å². The summed E-state index contributed by atoms with van der Waals surface area (Å²) in [7, 11) is 0. The Morgan fingerprint density at radius 1 is 1.09 bits per heavy atom. The van der Waals surface area contributed by atoms with Gasteiger partial charge in [-0.1, -0.05) is 24.3 Å². The number of carbonyl (C=O) groups excluding carboxylic acids is 2. The topological polar surface area (TPSA) is 84.2 Å². The largest absolute Gasteiger partial charge is 0.416 e. The molecule has 1 atom stereocenters. The molecule has 164 valence electrons. The third-order valence-corrected chi connectivity index (χ3v) is 5.25. The fourth-order valence-electron chi connectivity index (χ4n) is 3.78. The van der Waals surface area contributed by atoms with Gasteiger partial charge in [0.05, 0.1) is 11.6 Å². The van der Waals surface area contributed by atoms with E-state index >= 15 is 0 Å². The van der Waals surface area contributed by atoms with Crippen LogP contribution in [0.5, 0.6) is 0 Å². The highest BCUT2D eigenvalue weighted by Gasteiger charge is 2.35. The van der Waals surface area contributed by atoms with Crippen LogP contribution < -0.4 is 16.4 Å². The van der Waals surface area contributed by atoms with Crippen LogP contribution in [0.4, 0.5) is 28.9 Å². The van der Waals surface area contributed by atoms with Gasteiger partial charge in [0.1, 0.15) is 5.82 Å². The van der Waals surface area contributed by atoms with Gasteiger partial charge < -0.3 is 16.4 Å². The number of nitrogens with two attached hydrogens (primary N) is 1. The van der Waals surface area contributed by atoms with Gasteiger partial charge in [-0.25, -0.2) is 4.39 Å². The number of rotatable bonds is 3. The molecule has 9 heteroatoms. The molecule has 0 radical (unpaired) electrons. The summed E-state index contributed by atoms with van der Waals surface area (Å²) in [5.41, 5.74) is 6.75. The third kappa shape index (κ3) is 3.89. The lowest BCUT2D eigenvalue weighted by Gasteiger charge is -2.19. The van der Waals surface area contributed by atoms with E-state index in [1.165, 1.54) is 12.1 Å². The molecule has 2 amide bonds. The molecule has 0 saturated carbocycles. The maximum Gasteiger partial charge on any atom is 0.416 e. The minimum absolute atomic E-state index is 0.148. The number of fused-ring (bicyclic) bond motifs is 1. The van der Waals surface area contributed by atoms with Crippen molar-refractivity contribution in [3.8, 4) is 0 Å². The van der Waals surface area contributed by atoms with Crippen LogP contribution in [0, 0.1) is 12.7 Å². The van der Waals surface area contributed by atoms with Gasteiger partial charge in [-0.15, -0.1) is 0 Å². The van der Waals surface area contributed by atoms with Gasteiger partial charge in [-0.05, 0) is 48.4 Å². The number of alkyl halides is 3. The van der Waals surface area contributed by atoms with Gasteiger partial charge in [0.25, 0.3) is 11.8 Å². The van der Waals surface area contributed by atoms with Crippen LogP contribution in [0.25, 0.3) is 0 Å². The number of amides is 2. The molecule has 0 aliphatic carbocycles. The van der Waals surface area contributed by atoms with Gasteiger partial charge in [0, 0.05) is 28.1 Å². The van der Waals surface area contributed by atoms with Crippen molar-refractivity contribution in [1.82, 2.24) is 5.32 Å². The maximum atomic E-state index is 13.8. The predicted molar refractivity (Wildman–Crippen MR) is 111 cm³/mol. The van der Waals surface area contributed by atoms with Gasteiger partial charge >= 0.3 is 6.18 Å². The number of hydrogen-bond donors (Lipinski definition) is 3. The van der Waals surface area contributed by atoms with E-state index in [2.05, 4.69) is 10.6 Å². The zero-order valence-corrected chi connectivity index (χ0v) is 16.7. The standard InChI is InChI=1S/C23H17F4N3O2/c1-11-4-2-3-5-16(11)20-19-17(22(32)30-20)9-15(28)10-18(19)29-21(31)12-6-13(23(25,26)27)8-14(24)7-12/h2-10,20H,28H2,1H3,(H,29,31)(H,30,32). The molecule has 1 unspecified atom stereocenters. The predicted octanol–water partition coefficient (Wildman–Crippen LogP) is 4.82. The monoisotopic (exact) mass is 443 g/mol. The first-order chi connectivity index (χ1) is 15.0. The Labute approximate surface area is 180 Å². The Bertz CT molecular complexity index is 1250. The molecule has 4 rings (SSSR count). The van der Waals surface area contributed by atoms with Crippen molar-refractivity contribution in [2.24, 2.45) is 0 Å². The summed E-state index contributed by atoms with van der Waals surface area (Å²) in [5.74, 6) is -2.57. The fourth-order valence-corrected chi connectivity index (χ4v) is 3.78. The molecule has 5 nitrogen and oxygen atoms in total. The smallest absolute Gasteiger partial charge is 0.399 e. The summed E-state index contributed by atoms with van der Waals surface area (Å²) < 4.78 is 52.9. The second kappa shape index (κ2) is 7.67. The number of benzene rings is 3. The van der Waals surface area contributed by atoms with Crippen LogP contribution in [-0.2, 0) is 6.18 Å². The van der Waals surface area contributed by atoms with E-state index in [0.29, 0.717) is 23.8 Å². The van der Waals surface area contributed by atoms with Crippen LogP contribution in [0.2, 0.25) is 0 Å². The van der Waals surface area contributed by atoms with Crippen LogP contribution in [0.15, 0.2) is 54.6 Å². The van der Waals surface area contributed by atoms with Gasteiger partial charge in [0.15, 0.2) is 0 Å². The average Bonchev–Trinajstić information content (AvgIpc) is 3.03. The number of aryl methyl sites for hydroxylation is 1. The molecule has 1 aliphatic heterocycles. The second-order valence-corrected chi connectivity index (χ2v) is 7.47. The zero-order chi connectivity index (χ0) is 23.2. The first kappa shape index (κ1) is 21.4. The minimum atomic E-state index is -4.82. The second-order valence-electron chi connectivity index (χ2n) is 7.47. The Morgan fingerprint density at radius 3 is 2.50 bits per heavy atom. The Hall–Kier alpha value is -3.88. The van der Waals surface area contributed by atoms with E-state index in [4.69, 9.17) is 5.73 Å². The Balaban J connectivity index is 1.77. The lowest BCUT2D eigenvalue weighted by atomic mass is 9.93. The molecule has 1 aliphatic rings. The van der Waals surface area contributed by atoms with Crippen LogP contribution in [0.1, 0.15) is 49.0 Å². The van der Waals surface area contributed by atoms with Crippen molar-refractivity contribution in [2.75, 3.05) is 11.1 Å². The van der Waals surface area contributed by atoms with E-state index < -0.39 is 41.0 Å². The van der Waals surface area contributed by atoms with Crippen molar-refractivity contribution >= 4 is 23.2 Å². The van der Waals surface area contributed by atoms with Gasteiger partial charge in [-0.3, -0.25) is 9.59 Å². The molecular weight excluding hydrogens is 426 g/mol. The first-order valence-electron chi connectivity index (χ1n) is 9.53. The summed E-state index contributed by atoms with van der Waals surface area (Å²) in [4.78, 5) is 25.3. The minimum Gasteiger partial charge on any atom is -0.399 e. The molecule has 4 N–H and O–H groups in total. The summed E-state index contributed by atoms with van der Waals surface area (Å²) in [6.07, 6.45) is -4.82. The number of nitrogen functional groups attached to an aromatic ring is 1. The highest BCUT2D eigenvalue weighted by molar-refractivity contribution is 6.08. The molecule has 0 fully saturated rings. The number of anilines is 2. The quantitative estimate of drug-likeness (QED) is 0.401. The van der Waals surface area contributed by atoms with Crippen molar-refractivity contribution in [2.45, 2.75) is 19.1 Å². The Kier molecular flexibility index (Phi) is 5.12. The molecule has 3 aromatic carbocycles. The van der Waals surface area contributed by atoms with Crippen LogP contribution in [-0.4, -0.2) is 11.8 Å². The number of halogens is 4. The lowest BCUT2D eigenvalue weighted by Crippen LogP contribution is -2.21. The van der Waals surface area contributed by atoms with Gasteiger partial charge in [0.2, 0.25) is 0 Å². The fraction of sp³-hybridized carbons (Fsp3) is 0.130. The highest BCUT2D eigenvalue weighted by Crippen LogP contribution is 2.39. The van der Waals surface area contributed by atoms with Crippen LogP contribution in [0.3, 0.4) is 0 Å². The normalized spacial score (nSPS) is 15.3. The number of hydrogen-bond acceptors (Lipinski definition) is 3. The van der Waals surface area contributed by atoms with E-state index in [1.807, 2.05) is 25.1 Å². The Morgan fingerprint density at radius 2 is 1.81 bits per heavy atom. The number of nitrogens with one attached hydrogen (secondary N) is 2. The summed E-state index contributed by atoms with van der Waals surface area (Å²) in [5, 5.41) is 5.34. The first-order valence-corrected chi connectivity index (χ1v) is 9.53. The highest BCUT2D eigenvalue weighted by atomic mass is 19.4. The van der Waals surface area contributed by atoms with E-state index in [-0.39, 0.29) is 16.9 Å². The van der Waals surface area contributed by atoms with E-state index in [9.17, 15) is 27.2 Å². The van der Waals surface area contributed by atoms with Crippen molar-refractivity contribution < 1.29 is 27.2 Å². The van der Waals surface area contributed by atoms with E-state index in [0.717, 1.165) is 11.1 Å². The summed E-state index contributed by atoms with van der Waals surface area (Å²) in [6, 6.07) is 11.2. The van der Waals surface area contributed by atoms with Crippen molar-refractivity contribution in [3.63, 3.8) is 0 Å². The number of carbonyl (C=O) groups is 2. The van der Waals surface area contributed by atoms with Gasteiger partial charge in [-0.2, -0.15) is 13.2 Å². The molecule has 32 heavy (non-hydrogen) atoms. The third-order valence-electron chi connectivity index (χ3n) is 5.25. The molecule has 1 heterocycles. The molecule has 0 saturated heterocycles.